The Kier molecular flexibility index (Phi) is 5.60. The van der Waals surface area contributed by atoms with Gasteiger partial charge in [-0.1, -0.05) is 20.8 Å². The van der Waals surface area contributed by atoms with Gasteiger partial charge in [-0.15, -0.1) is 0 Å². The first kappa shape index (κ1) is 15.8. The van der Waals surface area contributed by atoms with Crippen molar-refractivity contribution in [1.29, 1.82) is 0 Å². The van der Waals surface area contributed by atoms with Gasteiger partial charge in [0.25, 0.3) is 0 Å². The van der Waals surface area contributed by atoms with Crippen molar-refractivity contribution in [1.82, 2.24) is 4.98 Å². The molecule has 3 N–H and O–H groups in total. The van der Waals surface area contributed by atoms with Crippen molar-refractivity contribution in [2.75, 3.05) is 11.9 Å². The van der Waals surface area contributed by atoms with E-state index in [0.29, 0.717) is 6.54 Å². The first-order chi connectivity index (χ1) is 8.84. The molecule has 1 unspecified atom stereocenters. The van der Waals surface area contributed by atoms with Crippen molar-refractivity contribution >= 4 is 5.82 Å². The number of rotatable bonds is 6. The summed E-state index contributed by atoms with van der Waals surface area (Å²) in [5.74, 6) is 1.59. The number of pyridine rings is 1. The first-order valence-corrected chi connectivity index (χ1v) is 6.93. The van der Waals surface area contributed by atoms with Crippen LogP contribution in [-0.2, 0) is 0 Å². The predicted molar refractivity (Wildman–Crippen MR) is 80.5 cm³/mol. The van der Waals surface area contributed by atoms with E-state index in [1.807, 2.05) is 26.0 Å². The van der Waals surface area contributed by atoms with E-state index in [1.54, 1.807) is 6.20 Å². The van der Waals surface area contributed by atoms with E-state index in [1.165, 1.54) is 0 Å². The summed E-state index contributed by atoms with van der Waals surface area (Å²) in [7, 11) is 0. The number of ether oxygens (including phenoxy) is 1. The molecule has 0 saturated heterocycles. The van der Waals surface area contributed by atoms with Crippen LogP contribution in [0.25, 0.3) is 0 Å². The third-order valence-electron chi connectivity index (χ3n) is 2.95. The zero-order chi connectivity index (χ0) is 14.5. The fourth-order valence-electron chi connectivity index (χ4n) is 1.90. The van der Waals surface area contributed by atoms with Crippen LogP contribution in [0.2, 0.25) is 0 Å². The number of nitrogens with zero attached hydrogens (tertiary/aromatic N) is 1. The largest absolute Gasteiger partial charge is 0.487 e. The summed E-state index contributed by atoms with van der Waals surface area (Å²) in [6.07, 6.45) is 2.81. The van der Waals surface area contributed by atoms with Crippen LogP contribution in [-0.4, -0.2) is 23.7 Å². The highest BCUT2D eigenvalue weighted by atomic mass is 16.5. The van der Waals surface area contributed by atoms with Crippen LogP contribution in [0.15, 0.2) is 18.3 Å². The van der Waals surface area contributed by atoms with Crippen LogP contribution in [0, 0.1) is 5.41 Å². The van der Waals surface area contributed by atoms with Crippen LogP contribution in [0.5, 0.6) is 5.75 Å². The lowest BCUT2D eigenvalue weighted by atomic mass is 9.85. The molecule has 0 fully saturated rings. The molecule has 1 atom stereocenters. The van der Waals surface area contributed by atoms with Gasteiger partial charge >= 0.3 is 0 Å². The molecule has 0 aliphatic rings. The lowest BCUT2D eigenvalue weighted by Crippen LogP contribution is -2.36. The van der Waals surface area contributed by atoms with Crippen LogP contribution in [0.4, 0.5) is 5.82 Å². The van der Waals surface area contributed by atoms with Gasteiger partial charge in [0.05, 0.1) is 6.10 Å². The molecule has 0 aliphatic carbocycles. The average Bonchev–Trinajstić information content (AvgIpc) is 2.29. The number of hydrogen-bond acceptors (Lipinski definition) is 4. The van der Waals surface area contributed by atoms with Crippen molar-refractivity contribution in [2.24, 2.45) is 11.1 Å². The van der Waals surface area contributed by atoms with E-state index >= 15 is 0 Å². The molecule has 1 rings (SSSR count). The Balaban J connectivity index is 2.90. The van der Waals surface area contributed by atoms with E-state index in [0.717, 1.165) is 18.0 Å². The lowest BCUT2D eigenvalue weighted by molar-refractivity contribution is 0.241. The zero-order valence-corrected chi connectivity index (χ0v) is 12.7. The summed E-state index contributed by atoms with van der Waals surface area (Å²) in [5, 5.41) is 3.48. The standard InChI is InChI=1S/C15H27N3O/c1-11(2)19-12-7-6-10-17-14(12)18-13(8-9-16)15(3,4)5/h6-7,10-11,13H,8-9,16H2,1-5H3,(H,17,18). The number of aromatic nitrogens is 1. The third kappa shape index (κ3) is 5.07. The first-order valence-electron chi connectivity index (χ1n) is 6.93. The molecular weight excluding hydrogens is 238 g/mol. The number of hydrogen-bond donors (Lipinski definition) is 2. The molecule has 0 saturated carbocycles. The van der Waals surface area contributed by atoms with Crippen LogP contribution in [0.3, 0.4) is 0 Å². The molecule has 1 heterocycles. The summed E-state index contributed by atoms with van der Waals surface area (Å²) in [6, 6.07) is 4.09. The molecule has 19 heavy (non-hydrogen) atoms. The van der Waals surface area contributed by atoms with Crippen molar-refractivity contribution in [3.63, 3.8) is 0 Å². The second kappa shape index (κ2) is 6.75. The minimum atomic E-state index is 0.117. The average molecular weight is 265 g/mol. The Bertz CT molecular complexity index is 385. The lowest BCUT2D eigenvalue weighted by Gasteiger charge is -2.32. The maximum absolute atomic E-state index is 5.78. The topological polar surface area (TPSA) is 60.2 Å². The number of nitrogens with one attached hydrogen (secondary N) is 1. The Labute approximate surface area is 116 Å². The van der Waals surface area contributed by atoms with E-state index in [9.17, 15) is 0 Å². The van der Waals surface area contributed by atoms with Gasteiger partial charge in [-0.25, -0.2) is 4.98 Å². The molecule has 0 radical (unpaired) electrons. The Morgan fingerprint density at radius 2 is 2.05 bits per heavy atom. The van der Waals surface area contributed by atoms with Crippen molar-refractivity contribution in [3.8, 4) is 5.75 Å². The SMILES string of the molecule is CC(C)Oc1cccnc1NC(CCN)C(C)(C)C. The maximum Gasteiger partial charge on any atom is 0.169 e. The molecule has 0 aromatic carbocycles. The summed E-state index contributed by atoms with van der Waals surface area (Å²) in [5.41, 5.74) is 5.82. The molecule has 1 aromatic heterocycles. The molecule has 4 nitrogen and oxygen atoms in total. The Hall–Kier alpha value is -1.29. The van der Waals surface area contributed by atoms with Gasteiger partial charge < -0.3 is 15.8 Å². The Morgan fingerprint density at radius 1 is 1.37 bits per heavy atom. The number of nitrogens with two attached hydrogens (primary N) is 1. The molecule has 1 aromatic rings. The summed E-state index contributed by atoms with van der Waals surface area (Å²) in [6.45, 7) is 11.3. The van der Waals surface area contributed by atoms with E-state index < -0.39 is 0 Å². The molecule has 0 spiro atoms. The molecule has 0 bridgehead atoms. The molecule has 0 aliphatic heterocycles. The molecule has 108 valence electrons. The summed E-state index contributed by atoms with van der Waals surface area (Å²) in [4.78, 5) is 4.39. The van der Waals surface area contributed by atoms with E-state index in [2.05, 4.69) is 31.1 Å². The van der Waals surface area contributed by atoms with Crippen molar-refractivity contribution < 1.29 is 4.74 Å². The molecular formula is C15H27N3O. The fourth-order valence-corrected chi connectivity index (χ4v) is 1.90. The second-order valence-electron chi connectivity index (χ2n) is 6.16. The minimum Gasteiger partial charge on any atom is -0.487 e. The Morgan fingerprint density at radius 3 is 2.58 bits per heavy atom. The van der Waals surface area contributed by atoms with Crippen LogP contribution < -0.4 is 15.8 Å². The monoisotopic (exact) mass is 265 g/mol. The molecule has 0 amide bonds. The van der Waals surface area contributed by atoms with Crippen LogP contribution in [0.1, 0.15) is 41.0 Å². The fraction of sp³-hybridized carbons (Fsp3) is 0.667. The van der Waals surface area contributed by atoms with Crippen molar-refractivity contribution in [3.05, 3.63) is 18.3 Å². The zero-order valence-electron chi connectivity index (χ0n) is 12.7. The maximum atomic E-state index is 5.78. The van der Waals surface area contributed by atoms with Crippen molar-refractivity contribution in [2.45, 2.75) is 53.2 Å². The molecule has 4 heteroatoms. The second-order valence-corrected chi connectivity index (χ2v) is 6.16. The van der Waals surface area contributed by atoms with Gasteiger partial charge in [0.1, 0.15) is 0 Å². The highest BCUT2D eigenvalue weighted by molar-refractivity contribution is 5.50. The van der Waals surface area contributed by atoms with Gasteiger partial charge in [0.2, 0.25) is 0 Å². The summed E-state index contributed by atoms with van der Waals surface area (Å²) < 4.78 is 5.78. The van der Waals surface area contributed by atoms with E-state index in [4.69, 9.17) is 10.5 Å². The smallest absolute Gasteiger partial charge is 0.169 e. The quantitative estimate of drug-likeness (QED) is 0.830. The minimum absolute atomic E-state index is 0.117. The number of anilines is 1. The predicted octanol–water partition coefficient (Wildman–Crippen LogP) is 3.04. The highest BCUT2D eigenvalue weighted by Gasteiger charge is 2.25. The van der Waals surface area contributed by atoms with Gasteiger partial charge in [0.15, 0.2) is 11.6 Å². The van der Waals surface area contributed by atoms with Gasteiger partial charge in [-0.2, -0.15) is 0 Å². The van der Waals surface area contributed by atoms with Crippen LogP contribution >= 0.6 is 0 Å². The van der Waals surface area contributed by atoms with Gasteiger partial charge in [-0.05, 0) is 44.4 Å². The van der Waals surface area contributed by atoms with Gasteiger partial charge in [-0.3, -0.25) is 0 Å². The van der Waals surface area contributed by atoms with E-state index in [-0.39, 0.29) is 17.6 Å². The highest BCUT2D eigenvalue weighted by Crippen LogP contribution is 2.29. The summed E-state index contributed by atoms with van der Waals surface area (Å²) >= 11 is 0. The normalized spacial score (nSPS) is 13.4. The third-order valence-corrected chi connectivity index (χ3v) is 2.95. The van der Waals surface area contributed by atoms with Gasteiger partial charge in [0, 0.05) is 12.2 Å².